The molecule has 1 aliphatic rings. The molecule has 0 bridgehead atoms. The van der Waals surface area contributed by atoms with E-state index in [9.17, 15) is 4.79 Å². The fourth-order valence-corrected chi connectivity index (χ4v) is 3.36. The second kappa shape index (κ2) is 8.59. The molecule has 25 heavy (non-hydrogen) atoms. The number of anilines is 2. The summed E-state index contributed by atoms with van der Waals surface area (Å²) >= 11 is 7.49. The van der Waals surface area contributed by atoms with Crippen LogP contribution in [0.1, 0.15) is 10.4 Å². The summed E-state index contributed by atoms with van der Waals surface area (Å²) < 4.78 is 6.41. The Hall–Kier alpha value is -1.71. The van der Waals surface area contributed by atoms with Crippen molar-refractivity contribution in [2.75, 3.05) is 36.5 Å². The largest absolute Gasteiger partial charge is 0.378 e. The van der Waals surface area contributed by atoms with E-state index in [-0.39, 0.29) is 11.0 Å². The van der Waals surface area contributed by atoms with Gasteiger partial charge in [0.15, 0.2) is 5.11 Å². The van der Waals surface area contributed by atoms with Crippen LogP contribution in [0.4, 0.5) is 11.4 Å². The van der Waals surface area contributed by atoms with Gasteiger partial charge in [-0.15, -0.1) is 0 Å². The number of halogens is 1. The molecule has 0 aliphatic carbocycles. The molecular formula is C18H18IN3O2S. The highest BCUT2D eigenvalue weighted by atomic mass is 127. The molecule has 1 amide bonds. The molecule has 0 spiro atoms. The lowest BCUT2D eigenvalue weighted by Crippen LogP contribution is -2.38. The summed E-state index contributed by atoms with van der Waals surface area (Å²) in [6.07, 6.45) is 0. The lowest BCUT2D eigenvalue weighted by molar-refractivity contribution is 0.0977. The molecule has 1 fully saturated rings. The monoisotopic (exact) mass is 467 g/mol. The van der Waals surface area contributed by atoms with Crippen molar-refractivity contribution in [3.63, 3.8) is 0 Å². The fourth-order valence-electron chi connectivity index (χ4n) is 2.62. The van der Waals surface area contributed by atoms with Gasteiger partial charge in [0.05, 0.1) is 24.6 Å². The number of carbonyl (C=O) groups excluding carboxylic acids is 1. The first-order chi connectivity index (χ1) is 12.1. The van der Waals surface area contributed by atoms with Gasteiger partial charge in [-0.05, 0) is 65.1 Å². The summed E-state index contributed by atoms with van der Waals surface area (Å²) in [5.74, 6) is -0.222. The Morgan fingerprint density at radius 3 is 2.64 bits per heavy atom. The van der Waals surface area contributed by atoms with E-state index < -0.39 is 0 Å². The second-order valence-corrected chi connectivity index (χ2v) is 7.19. The van der Waals surface area contributed by atoms with Crippen LogP contribution in [0, 0.1) is 3.57 Å². The highest BCUT2D eigenvalue weighted by molar-refractivity contribution is 14.1. The Labute approximate surface area is 165 Å². The summed E-state index contributed by atoms with van der Waals surface area (Å²) in [5, 5.41) is 6.16. The zero-order valence-corrected chi connectivity index (χ0v) is 16.5. The van der Waals surface area contributed by atoms with E-state index in [1.807, 2.05) is 42.5 Å². The molecule has 0 aromatic heterocycles. The first-order valence-electron chi connectivity index (χ1n) is 7.93. The topological polar surface area (TPSA) is 53.6 Å². The number of rotatable bonds is 3. The van der Waals surface area contributed by atoms with Gasteiger partial charge in [-0.1, -0.05) is 18.2 Å². The van der Waals surface area contributed by atoms with Crippen LogP contribution in [-0.4, -0.2) is 37.3 Å². The number of para-hydroxylation sites is 2. The van der Waals surface area contributed by atoms with E-state index in [2.05, 4.69) is 38.1 Å². The summed E-state index contributed by atoms with van der Waals surface area (Å²) in [6.45, 7) is 3.09. The van der Waals surface area contributed by atoms with E-state index in [1.165, 1.54) is 0 Å². The molecule has 1 saturated heterocycles. The second-order valence-electron chi connectivity index (χ2n) is 5.54. The number of nitrogens with zero attached hydrogens (tertiary/aromatic N) is 1. The summed E-state index contributed by atoms with van der Waals surface area (Å²) in [6, 6.07) is 15.3. The predicted molar refractivity (Wildman–Crippen MR) is 112 cm³/mol. The minimum Gasteiger partial charge on any atom is -0.378 e. The van der Waals surface area contributed by atoms with E-state index in [0.29, 0.717) is 18.8 Å². The summed E-state index contributed by atoms with van der Waals surface area (Å²) in [7, 11) is 0. The quantitative estimate of drug-likeness (QED) is 0.537. The van der Waals surface area contributed by atoms with Crippen LogP contribution in [0.5, 0.6) is 0 Å². The molecule has 2 aromatic carbocycles. The van der Waals surface area contributed by atoms with Crippen molar-refractivity contribution in [2.24, 2.45) is 0 Å². The van der Waals surface area contributed by atoms with Gasteiger partial charge in [0.1, 0.15) is 0 Å². The molecule has 1 aliphatic heterocycles. The Morgan fingerprint density at radius 1 is 1.12 bits per heavy atom. The maximum absolute atomic E-state index is 12.3. The molecule has 0 atom stereocenters. The lowest BCUT2D eigenvalue weighted by atomic mass is 10.2. The van der Waals surface area contributed by atoms with Gasteiger partial charge in [0.25, 0.3) is 5.91 Å². The summed E-state index contributed by atoms with van der Waals surface area (Å²) in [5.41, 5.74) is 2.51. The van der Waals surface area contributed by atoms with Crippen molar-refractivity contribution >= 4 is 57.2 Å². The third-order valence-corrected chi connectivity index (χ3v) is 4.69. The first kappa shape index (κ1) is 18.1. The Kier molecular flexibility index (Phi) is 6.22. The van der Waals surface area contributed by atoms with Crippen molar-refractivity contribution in [1.82, 2.24) is 5.32 Å². The standard InChI is InChI=1S/C18H18IN3O2S/c19-14-5-3-4-13(12-14)17(23)21-18(25)20-15-6-1-2-7-16(15)22-8-10-24-11-9-22/h1-7,12H,8-11H2,(H2,20,21,23,25). The van der Waals surface area contributed by atoms with Crippen LogP contribution in [0.2, 0.25) is 0 Å². The number of hydrogen-bond donors (Lipinski definition) is 2. The Morgan fingerprint density at radius 2 is 1.88 bits per heavy atom. The van der Waals surface area contributed by atoms with Crippen LogP contribution in [0.15, 0.2) is 48.5 Å². The highest BCUT2D eigenvalue weighted by Gasteiger charge is 2.15. The number of benzene rings is 2. The number of amides is 1. The van der Waals surface area contributed by atoms with Crippen molar-refractivity contribution in [3.05, 3.63) is 57.7 Å². The number of hydrogen-bond acceptors (Lipinski definition) is 4. The number of thiocarbonyl (C=S) groups is 1. The molecular weight excluding hydrogens is 449 g/mol. The number of ether oxygens (including phenoxy) is 1. The zero-order chi connectivity index (χ0) is 17.6. The molecule has 3 rings (SSSR count). The van der Waals surface area contributed by atoms with E-state index in [0.717, 1.165) is 28.0 Å². The average molecular weight is 467 g/mol. The van der Waals surface area contributed by atoms with Crippen LogP contribution >= 0.6 is 34.8 Å². The van der Waals surface area contributed by atoms with Crippen molar-refractivity contribution in [1.29, 1.82) is 0 Å². The van der Waals surface area contributed by atoms with Gasteiger partial charge < -0.3 is 15.0 Å². The van der Waals surface area contributed by atoms with E-state index in [4.69, 9.17) is 17.0 Å². The van der Waals surface area contributed by atoms with Crippen LogP contribution in [0.25, 0.3) is 0 Å². The lowest BCUT2D eigenvalue weighted by Gasteiger charge is -2.30. The normalized spacial score (nSPS) is 14.0. The molecule has 0 radical (unpaired) electrons. The Balaban J connectivity index is 1.68. The number of carbonyl (C=O) groups is 1. The first-order valence-corrected chi connectivity index (χ1v) is 9.42. The summed E-state index contributed by atoms with van der Waals surface area (Å²) in [4.78, 5) is 14.6. The molecule has 2 N–H and O–H groups in total. The minimum absolute atomic E-state index is 0.222. The fraction of sp³-hybridized carbons (Fsp3) is 0.222. The third kappa shape index (κ3) is 4.90. The van der Waals surface area contributed by atoms with Crippen LogP contribution in [-0.2, 0) is 4.74 Å². The molecule has 130 valence electrons. The van der Waals surface area contributed by atoms with Gasteiger partial charge in [-0.3, -0.25) is 10.1 Å². The van der Waals surface area contributed by atoms with Gasteiger partial charge in [-0.25, -0.2) is 0 Å². The van der Waals surface area contributed by atoms with E-state index in [1.54, 1.807) is 6.07 Å². The third-order valence-electron chi connectivity index (χ3n) is 3.82. The van der Waals surface area contributed by atoms with Crippen molar-refractivity contribution < 1.29 is 9.53 Å². The Bertz CT molecular complexity index is 778. The van der Waals surface area contributed by atoms with Gasteiger partial charge in [-0.2, -0.15) is 0 Å². The molecule has 5 nitrogen and oxygen atoms in total. The zero-order valence-electron chi connectivity index (χ0n) is 13.5. The molecule has 2 aromatic rings. The van der Waals surface area contributed by atoms with Crippen LogP contribution in [0.3, 0.4) is 0 Å². The van der Waals surface area contributed by atoms with Gasteiger partial charge in [0.2, 0.25) is 0 Å². The molecule has 0 saturated carbocycles. The SMILES string of the molecule is O=C(NC(=S)Nc1ccccc1N1CCOCC1)c1cccc(I)c1. The number of morpholine rings is 1. The smallest absolute Gasteiger partial charge is 0.257 e. The molecule has 1 heterocycles. The average Bonchev–Trinajstić information content (AvgIpc) is 2.63. The van der Waals surface area contributed by atoms with Gasteiger partial charge >= 0.3 is 0 Å². The maximum Gasteiger partial charge on any atom is 0.257 e. The maximum atomic E-state index is 12.3. The molecule has 0 unspecified atom stereocenters. The van der Waals surface area contributed by atoms with Crippen molar-refractivity contribution in [2.45, 2.75) is 0 Å². The predicted octanol–water partition coefficient (Wildman–Crippen LogP) is 3.25. The minimum atomic E-state index is -0.222. The number of nitrogens with one attached hydrogen (secondary N) is 2. The molecule has 7 heteroatoms. The van der Waals surface area contributed by atoms with Crippen LogP contribution < -0.4 is 15.5 Å². The van der Waals surface area contributed by atoms with Crippen molar-refractivity contribution in [3.8, 4) is 0 Å². The van der Waals surface area contributed by atoms with E-state index >= 15 is 0 Å². The van der Waals surface area contributed by atoms with Gasteiger partial charge in [0, 0.05) is 22.2 Å². The highest BCUT2D eigenvalue weighted by Crippen LogP contribution is 2.26.